The van der Waals surface area contributed by atoms with Crippen molar-refractivity contribution >= 4 is 5.65 Å². The monoisotopic (exact) mass is 272 g/mol. The van der Waals surface area contributed by atoms with E-state index in [-0.39, 0.29) is 0 Å². The van der Waals surface area contributed by atoms with Gasteiger partial charge in [-0.15, -0.1) is 0 Å². The molecule has 0 bridgehead atoms. The normalized spacial score (nSPS) is 19.8. The molecule has 0 spiro atoms. The van der Waals surface area contributed by atoms with Crippen LogP contribution in [-0.2, 0) is 6.54 Å². The van der Waals surface area contributed by atoms with E-state index in [0.717, 1.165) is 24.7 Å². The van der Waals surface area contributed by atoms with Gasteiger partial charge in [-0.1, -0.05) is 13.0 Å². The molecular weight excluding hydrogens is 248 g/mol. The molecule has 108 valence electrons. The Labute approximate surface area is 120 Å². The molecule has 0 aliphatic carbocycles. The molecule has 1 aliphatic rings. The van der Waals surface area contributed by atoms with Gasteiger partial charge in [-0.3, -0.25) is 4.90 Å². The number of hydrogen-bond donors (Lipinski definition) is 1. The highest BCUT2D eigenvalue weighted by Crippen LogP contribution is 2.14. The van der Waals surface area contributed by atoms with Crippen LogP contribution < -0.4 is 5.32 Å². The van der Waals surface area contributed by atoms with Gasteiger partial charge in [-0.25, -0.2) is 4.98 Å². The Hall–Kier alpha value is -1.39. The molecule has 1 fully saturated rings. The van der Waals surface area contributed by atoms with Crippen LogP contribution in [0.25, 0.3) is 5.65 Å². The highest BCUT2D eigenvalue weighted by molar-refractivity contribution is 5.39. The topological polar surface area (TPSA) is 32.6 Å². The number of rotatable bonds is 5. The maximum atomic E-state index is 4.70. The van der Waals surface area contributed by atoms with Crippen LogP contribution in [0.4, 0.5) is 0 Å². The van der Waals surface area contributed by atoms with Crippen LogP contribution >= 0.6 is 0 Å². The van der Waals surface area contributed by atoms with Crippen LogP contribution in [0.15, 0.2) is 30.6 Å². The largest absolute Gasteiger partial charge is 0.316 e. The lowest BCUT2D eigenvalue weighted by molar-refractivity contribution is 0.208. The maximum Gasteiger partial charge on any atom is 0.137 e. The van der Waals surface area contributed by atoms with E-state index in [1.165, 1.54) is 38.2 Å². The third kappa shape index (κ3) is 3.19. The van der Waals surface area contributed by atoms with Gasteiger partial charge in [-0.2, -0.15) is 0 Å². The van der Waals surface area contributed by atoms with Crippen molar-refractivity contribution in [3.63, 3.8) is 0 Å². The van der Waals surface area contributed by atoms with Crippen molar-refractivity contribution < 1.29 is 0 Å². The minimum Gasteiger partial charge on any atom is -0.316 e. The van der Waals surface area contributed by atoms with Crippen LogP contribution in [0.5, 0.6) is 0 Å². The van der Waals surface area contributed by atoms with E-state index in [0.29, 0.717) is 0 Å². The van der Waals surface area contributed by atoms with E-state index >= 15 is 0 Å². The molecular formula is C16H24N4. The second kappa shape index (κ2) is 6.37. The molecule has 1 N–H and O–H groups in total. The summed E-state index contributed by atoms with van der Waals surface area (Å²) in [5.74, 6) is 0.792. The van der Waals surface area contributed by atoms with Crippen LogP contribution in [0.1, 0.15) is 25.5 Å². The number of imidazole rings is 1. The number of nitrogens with one attached hydrogen (secondary N) is 1. The Morgan fingerprint density at radius 2 is 2.40 bits per heavy atom. The molecule has 0 aromatic carbocycles. The lowest BCUT2D eigenvalue weighted by atomic mass is 9.99. The zero-order chi connectivity index (χ0) is 13.8. The van der Waals surface area contributed by atoms with Gasteiger partial charge in [-0.05, 0) is 50.5 Å². The average Bonchev–Trinajstić information content (AvgIpc) is 2.90. The van der Waals surface area contributed by atoms with Crippen molar-refractivity contribution in [1.29, 1.82) is 0 Å². The van der Waals surface area contributed by atoms with Gasteiger partial charge in [0, 0.05) is 25.5 Å². The van der Waals surface area contributed by atoms with Crippen molar-refractivity contribution in [3.05, 3.63) is 36.3 Å². The predicted molar refractivity (Wildman–Crippen MR) is 81.7 cm³/mol. The molecule has 1 atom stereocenters. The average molecular weight is 272 g/mol. The number of piperidine rings is 1. The molecule has 0 amide bonds. The molecule has 1 aliphatic heterocycles. The Balaban J connectivity index is 1.64. The number of pyridine rings is 1. The van der Waals surface area contributed by atoms with Gasteiger partial charge in [0.2, 0.25) is 0 Å². The number of aromatic nitrogens is 2. The van der Waals surface area contributed by atoms with Crippen molar-refractivity contribution in [3.8, 4) is 0 Å². The second-order valence-electron chi connectivity index (χ2n) is 5.74. The van der Waals surface area contributed by atoms with Crippen molar-refractivity contribution in [2.75, 3.05) is 26.2 Å². The van der Waals surface area contributed by atoms with Crippen molar-refractivity contribution in [1.82, 2.24) is 19.6 Å². The second-order valence-corrected chi connectivity index (χ2v) is 5.74. The van der Waals surface area contributed by atoms with Gasteiger partial charge >= 0.3 is 0 Å². The molecule has 2 aromatic rings. The predicted octanol–water partition coefficient (Wildman–Crippen LogP) is 2.16. The summed E-state index contributed by atoms with van der Waals surface area (Å²) in [5.41, 5.74) is 2.21. The summed E-state index contributed by atoms with van der Waals surface area (Å²) in [6.07, 6.45) is 6.88. The summed E-state index contributed by atoms with van der Waals surface area (Å²) in [6.45, 7) is 7.82. The first-order valence-electron chi connectivity index (χ1n) is 7.71. The summed E-state index contributed by atoms with van der Waals surface area (Å²) < 4.78 is 2.10. The third-order valence-corrected chi connectivity index (χ3v) is 4.16. The van der Waals surface area contributed by atoms with Crippen molar-refractivity contribution in [2.45, 2.75) is 26.3 Å². The summed E-state index contributed by atoms with van der Waals surface area (Å²) in [6, 6.07) is 6.14. The molecule has 4 heteroatoms. The molecule has 2 aromatic heterocycles. The van der Waals surface area contributed by atoms with E-state index in [1.807, 2.05) is 12.1 Å². The zero-order valence-electron chi connectivity index (χ0n) is 12.3. The van der Waals surface area contributed by atoms with Crippen LogP contribution in [-0.4, -0.2) is 40.5 Å². The van der Waals surface area contributed by atoms with E-state index < -0.39 is 0 Å². The van der Waals surface area contributed by atoms with E-state index in [2.05, 4.69) is 40.0 Å². The first-order chi connectivity index (χ1) is 9.85. The standard InChI is InChI=1S/C16H24N4/c1-2-19(11-14-6-5-8-17-10-14)12-15-13-20-9-4-3-7-16(20)18-15/h3-4,7,9,13-14,17H,2,5-6,8,10-12H2,1H3. The smallest absolute Gasteiger partial charge is 0.137 e. The van der Waals surface area contributed by atoms with Crippen LogP contribution in [0.2, 0.25) is 0 Å². The van der Waals surface area contributed by atoms with E-state index in [9.17, 15) is 0 Å². The van der Waals surface area contributed by atoms with E-state index in [1.54, 1.807) is 0 Å². The Morgan fingerprint density at radius 1 is 1.45 bits per heavy atom. The lowest BCUT2D eigenvalue weighted by Gasteiger charge is -2.28. The summed E-state index contributed by atoms with van der Waals surface area (Å²) in [5, 5.41) is 3.50. The van der Waals surface area contributed by atoms with Gasteiger partial charge in [0.1, 0.15) is 5.65 Å². The van der Waals surface area contributed by atoms with Gasteiger partial charge in [0.15, 0.2) is 0 Å². The summed E-state index contributed by atoms with van der Waals surface area (Å²) >= 11 is 0. The molecule has 3 heterocycles. The van der Waals surface area contributed by atoms with Gasteiger partial charge < -0.3 is 9.72 Å². The molecule has 20 heavy (non-hydrogen) atoms. The van der Waals surface area contributed by atoms with Crippen molar-refractivity contribution in [2.24, 2.45) is 5.92 Å². The van der Waals surface area contributed by atoms with Gasteiger partial charge in [0.25, 0.3) is 0 Å². The molecule has 0 saturated carbocycles. The molecule has 1 unspecified atom stereocenters. The van der Waals surface area contributed by atoms with Gasteiger partial charge in [0.05, 0.1) is 5.69 Å². The molecule has 0 radical (unpaired) electrons. The quantitative estimate of drug-likeness (QED) is 0.905. The molecule has 3 rings (SSSR count). The molecule has 4 nitrogen and oxygen atoms in total. The number of nitrogens with zero attached hydrogens (tertiary/aromatic N) is 3. The Kier molecular flexibility index (Phi) is 4.33. The highest BCUT2D eigenvalue weighted by Gasteiger charge is 2.17. The maximum absolute atomic E-state index is 4.70. The third-order valence-electron chi connectivity index (χ3n) is 4.16. The fourth-order valence-corrected chi connectivity index (χ4v) is 3.04. The Bertz CT molecular complexity index is 509. The summed E-state index contributed by atoms with van der Waals surface area (Å²) in [7, 11) is 0. The number of fused-ring (bicyclic) bond motifs is 1. The first kappa shape index (κ1) is 13.6. The highest BCUT2D eigenvalue weighted by atomic mass is 15.1. The fourth-order valence-electron chi connectivity index (χ4n) is 3.04. The minimum atomic E-state index is 0.792. The van der Waals surface area contributed by atoms with Crippen LogP contribution in [0.3, 0.4) is 0 Å². The fraction of sp³-hybridized carbons (Fsp3) is 0.562. The minimum absolute atomic E-state index is 0.792. The molecule has 1 saturated heterocycles. The summed E-state index contributed by atoms with van der Waals surface area (Å²) in [4.78, 5) is 7.21. The van der Waals surface area contributed by atoms with E-state index in [4.69, 9.17) is 4.98 Å². The SMILES string of the molecule is CCN(Cc1cn2ccccc2n1)CC1CCCNC1. The van der Waals surface area contributed by atoms with Crippen LogP contribution in [0, 0.1) is 5.92 Å². The first-order valence-corrected chi connectivity index (χ1v) is 7.71. The Morgan fingerprint density at radius 3 is 3.15 bits per heavy atom. The lowest BCUT2D eigenvalue weighted by Crippen LogP contribution is -2.38. The number of hydrogen-bond acceptors (Lipinski definition) is 3. The zero-order valence-corrected chi connectivity index (χ0v) is 12.3.